The zero-order valence-corrected chi connectivity index (χ0v) is 19.5. The first-order chi connectivity index (χ1) is 16.5. The zero-order valence-electron chi connectivity index (χ0n) is 18.7. The third-order valence-corrected chi connectivity index (χ3v) is 7.16. The number of rotatable bonds is 5. The molecule has 1 fully saturated rings. The zero-order chi connectivity index (χ0) is 23.7. The number of nitrogens with zero attached hydrogens (tertiary/aromatic N) is 3. The number of benzene rings is 2. The number of nitrogens with one attached hydrogen (secondary N) is 1. The Hall–Kier alpha value is -3.39. The van der Waals surface area contributed by atoms with Crippen molar-refractivity contribution in [3.63, 3.8) is 0 Å². The van der Waals surface area contributed by atoms with Gasteiger partial charge in [0.2, 0.25) is 0 Å². The van der Waals surface area contributed by atoms with Crippen molar-refractivity contribution < 1.29 is 13.6 Å². The van der Waals surface area contributed by atoms with Crippen molar-refractivity contribution in [2.75, 3.05) is 6.54 Å². The van der Waals surface area contributed by atoms with Crippen LogP contribution < -0.4 is 0 Å². The number of piperidine rings is 1. The van der Waals surface area contributed by atoms with Crippen LogP contribution in [0.2, 0.25) is 0 Å². The van der Waals surface area contributed by atoms with Crippen molar-refractivity contribution in [3.05, 3.63) is 82.9 Å². The van der Waals surface area contributed by atoms with Crippen molar-refractivity contribution in [2.24, 2.45) is 0 Å². The summed E-state index contributed by atoms with van der Waals surface area (Å²) in [6.45, 7) is 2.54. The van der Waals surface area contributed by atoms with E-state index in [0.29, 0.717) is 18.7 Å². The van der Waals surface area contributed by atoms with E-state index in [-0.39, 0.29) is 23.6 Å². The molecule has 0 saturated carbocycles. The molecule has 1 unspecified atom stereocenters. The molecule has 1 atom stereocenters. The molecule has 1 aliphatic heterocycles. The number of aryl methyl sites for hydroxylation is 1. The standard InChI is InChI=1S/C26H24F2N4OS/c1-16-30-24(25(34-16)18-7-11-20(28)12-8-18)26(33)32-13-3-2-4-21(32)14-23-29-15-22(31-23)17-5-9-19(27)10-6-17/h5-12,15,21H,2-4,13-14H2,1H3,(H,29,31). The lowest BCUT2D eigenvalue weighted by molar-refractivity contribution is 0.0606. The summed E-state index contributed by atoms with van der Waals surface area (Å²) < 4.78 is 26.7. The van der Waals surface area contributed by atoms with Gasteiger partial charge in [-0.1, -0.05) is 12.1 Å². The molecule has 34 heavy (non-hydrogen) atoms. The Bertz CT molecular complexity index is 1300. The van der Waals surface area contributed by atoms with Gasteiger partial charge in [0.05, 0.1) is 21.8 Å². The summed E-state index contributed by atoms with van der Waals surface area (Å²) in [5.74, 6) is 0.0977. The molecule has 5 nitrogen and oxygen atoms in total. The normalized spacial score (nSPS) is 16.1. The highest BCUT2D eigenvalue weighted by Crippen LogP contribution is 2.33. The fraction of sp³-hybridized carbons (Fsp3) is 0.269. The molecule has 4 aromatic rings. The first-order valence-electron chi connectivity index (χ1n) is 11.3. The number of carbonyl (C=O) groups is 1. The van der Waals surface area contributed by atoms with Crippen LogP contribution in [-0.2, 0) is 6.42 Å². The van der Waals surface area contributed by atoms with Crippen molar-refractivity contribution in [3.8, 4) is 21.7 Å². The number of imidazole rings is 1. The molecular weight excluding hydrogens is 454 g/mol. The van der Waals surface area contributed by atoms with Crippen LogP contribution in [0.5, 0.6) is 0 Å². The van der Waals surface area contributed by atoms with E-state index >= 15 is 0 Å². The van der Waals surface area contributed by atoms with Crippen LogP contribution in [0.25, 0.3) is 21.7 Å². The Morgan fingerprint density at radius 2 is 1.74 bits per heavy atom. The Morgan fingerprint density at radius 3 is 2.44 bits per heavy atom. The second kappa shape index (κ2) is 9.46. The fourth-order valence-corrected chi connectivity index (χ4v) is 5.37. The molecule has 0 spiro atoms. The van der Waals surface area contributed by atoms with Crippen molar-refractivity contribution in [1.82, 2.24) is 19.9 Å². The maximum absolute atomic E-state index is 13.7. The van der Waals surface area contributed by atoms with E-state index < -0.39 is 0 Å². The smallest absolute Gasteiger partial charge is 0.274 e. The Balaban J connectivity index is 1.38. The third kappa shape index (κ3) is 4.63. The Morgan fingerprint density at radius 1 is 1.06 bits per heavy atom. The highest BCUT2D eigenvalue weighted by atomic mass is 32.1. The van der Waals surface area contributed by atoms with E-state index in [1.54, 1.807) is 30.5 Å². The van der Waals surface area contributed by atoms with Gasteiger partial charge in [-0.05, 0) is 73.7 Å². The van der Waals surface area contributed by atoms with Gasteiger partial charge in [-0.2, -0.15) is 0 Å². The van der Waals surface area contributed by atoms with Gasteiger partial charge in [-0.25, -0.2) is 18.7 Å². The number of thiazole rings is 1. The van der Waals surface area contributed by atoms with Gasteiger partial charge in [0.1, 0.15) is 23.2 Å². The van der Waals surface area contributed by atoms with Crippen molar-refractivity contribution in [2.45, 2.75) is 38.6 Å². The number of H-pyrrole nitrogens is 1. The molecule has 1 N–H and O–H groups in total. The lowest BCUT2D eigenvalue weighted by atomic mass is 9.98. The second-order valence-electron chi connectivity index (χ2n) is 8.52. The van der Waals surface area contributed by atoms with E-state index in [2.05, 4.69) is 15.0 Å². The minimum Gasteiger partial charge on any atom is -0.342 e. The summed E-state index contributed by atoms with van der Waals surface area (Å²) in [5, 5.41) is 0.797. The first kappa shape index (κ1) is 22.4. The number of aromatic amines is 1. The molecule has 3 heterocycles. The van der Waals surface area contributed by atoms with E-state index in [4.69, 9.17) is 0 Å². The number of hydrogen-bond acceptors (Lipinski definition) is 4. The summed E-state index contributed by atoms with van der Waals surface area (Å²) in [6.07, 6.45) is 5.21. The summed E-state index contributed by atoms with van der Waals surface area (Å²) in [7, 11) is 0. The summed E-state index contributed by atoms with van der Waals surface area (Å²) in [5.41, 5.74) is 2.89. The van der Waals surface area contributed by atoms with Crippen LogP contribution in [0, 0.1) is 18.6 Å². The van der Waals surface area contributed by atoms with Gasteiger partial charge in [0.15, 0.2) is 0 Å². The van der Waals surface area contributed by atoms with Crippen LogP contribution in [0.15, 0.2) is 54.7 Å². The van der Waals surface area contributed by atoms with Crippen LogP contribution in [0.1, 0.15) is 40.6 Å². The lowest BCUT2D eigenvalue weighted by Crippen LogP contribution is -2.45. The molecule has 1 aliphatic rings. The predicted molar refractivity (Wildman–Crippen MR) is 129 cm³/mol. The SMILES string of the molecule is Cc1nc(C(=O)N2CCCCC2Cc2ncc(-c3ccc(F)cc3)[nH]2)c(-c2ccc(F)cc2)s1. The average molecular weight is 479 g/mol. The van der Waals surface area contributed by atoms with Crippen molar-refractivity contribution >= 4 is 17.2 Å². The van der Waals surface area contributed by atoms with Gasteiger partial charge in [0, 0.05) is 19.0 Å². The number of carbonyl (C=O) groups excluding carboxylic acids is 1. The maximum atomic E-state index is 13.7. The molecule has 0 bridgehead atoms. The minimum atomic E-state index is -0.313. The molecule has 0 aliphatic carbocycles. The lowest BCUT2D eigenvalue weighted by Gasteiger charge is -2.35. The molecule has 2 aromatic heterocycles. The first-order valence-corrected chi connectivity index (χ1v) is 12.1. The number of likely N-dealkylation sites (tertiary alicyclic amines) is 1. The van der Waals surface area contributed by atoms with E-state index in [1.807, 2.05) is 11.8 Å². The van der Waals surface area contributed by atoms with Gasteiger partial charge < -0.3 is 9.88 Å². The van der Waals surface area contributed by atoms with Crippen LogP contribution in [0.3, 0.4) is 0 Å². The fourth-order valence-electron chi connectivity index (χ4n) is 4.45. The van der Waals surface area contributed by atoms with Gasteiger partial charge in [-0.15, -0.1) is 11.3 Å². The van der Waals surface area contributed by atoms with Crippen molar-refractivity contribution in [1.29, 1.82) is 0 Å². The molecule has 8 heteroatoms. The largest absolute Gasteiger partial charge is 0.342 e. The predicted octanol–water partition coefficient (Wildman–Crippen LogP) is 6.02. The second-order valence-corrected chi connectivity index (χ2v) is 9.72. The van der Waals surface area contributed by atoms with E-state index in [9.17, 15) is 13.6 Å². The summed E-state index contributed by atoms with van der Waals surface area (Å²) in [4.78, 5) is 28.7. The Labute approximate surface area is 200 Å². The van der Waals surface area contributed by atoms with E-state index in [1.165, 1.54) is 35.6 Å². The number of halogens is 2. The maximum Gasteiger partial charge on any atom is 0.274 e. The molecule has 5 rings (SSSR count). The highest BCUT2D eigenvalue weighted by Gasteiger charge is 2.31. The third-order valence-electron chi connectivity index (χ3n) is 6.14. The van der Waals surface area contributed by atoms with Crippen LogP contribution >= 0.6 is 11.3 Å². The summed E-state index contributed by atoms with van der Waals surface area (Å²) >= 11 is 1.45. The topological polar surface area (TPSA) is 61.9 Å². The number of hydrogen-bond donors (Lipinski definition) is 1. The van der Waals surface area contributed by atoms with Crippen LogP contribution in [0.4, 0.5) is 8.78 Å². The monoisotopic (exact) mass is 478 g/mol. The molecule has 0 radical (unpaired) electrons. The average Bonchev–Trinajstić information content (AvgIpc) is 3.47. The minimum absolute atomic E-state index is 0.00320. The Kier molecular flexibility index (Phi) is 6.24. The molecule has 1 saturated heterocycles. The molecule has 174 valence electrons. The highest BCUT2D eigenvalue weighted by molar-refractivity contribution is 7.15. The van der Waals surface area contributed by atoms with E-state index in [0.717, 1.165) is 51.8 Å². The van der Waals surface area contributed by atoms with Gasteiger partial charge >= 0.3 is 0 Å². The molecule has 1 amide bonds. The molecule has 2 aromatic carbocycles. The number of aromatic nitrogens is 3. The van der Waals surface area contributed by atoms with Gasteiger partial charge in [0.25, 0.3) is 5.91 Å². The van der Waals surface area contributed by atoms with Gasteiger partial charge in [-0.3, -0.25) is 4.79 Å². The summed E-state index contributed by atoms with van der Waals surface area (Å²) in [6, 6.07) is 12.4. The molecular formula is C26H24F2N4OS. The quantitative estimate of drug-likeness (QED) is 0.381. The number of amides is 1. The van der Waals surface area contributed by atoms with Crippen LogP contribution in [-0.4, -0.2) is 38.3 Å².